The first-order valence-electron chi connectivity index (χ1n) is 4.72. The third-order valence-corrected chi connectivity index (χ3v) is 3.68. The van der Waals surface area contributed by atoms with Crippen molar-refractivity contribution in [3.05, 3.63) is 29.8 Å². The Kier molecular flexibility index (Phi) is 4.76. The zero-order valence-corrected chi connectivity index (χ0v) is 10.7. The van der Waals surface area contributed by atoms with Gasteiger partial charge in [0.2, 0.25) is 10.0 Å². The minimum absolute atomic E-state index is 0.250. The Morgan fingerprint density at radius 2 is 1.87 bits per heavy atom. The van der Waals surface area contributed by atoms with Crippen LogP contribution < -0.4 is 5.14 Å². The minimum atomic E-state index is -3.58. The molecule has 1 aromatic carbocycles. The third-order valence-electron chi connectivity index (χ3n) is 2.11. The van der Waals surface area contributed by atoms with Crippen LogP contribution in [0.2, 0.25) is 0 Å². The predicted octanol–water partition coefficient (Wildman–Crippen LogP) is 2.05. The van der Waals surface area contributed by atoms with Gasteiger partial charge >= 0.3 is 0 Å². The third kappa shape index (κ3) is 3.93. The number of hydrogen-bond acceptors (Lipinski definition) is 2. The van der Waals surface area contributed by atoms with E-state index in [-0.39, 0.29) is 4.90 Å². The fraction of sp³-hybridized carbons (Fsp3) is 0.400. The fourth-order valence-electron chi connectivity index (χ4n) is 1.40. The van der Waals surface area contributed by atoms with E-state index in [0.717, 1.165) is 30.2 Å². The maximum absolute atomic E-state index is 11.3. The maximum Gasteiger partial charge on any atom is 0.238 e. The minimum Gasteiger partial charge on any atom is -0.225 e. The van der Waals surface area contributed by atoms with E-state index in [4.69, 9.17) is 5.14 Å². The van der Waals surface area contributed by atoms with Gasteiger partial charge < -0.3 is 0 Å². The van der Waals surface area contributed by atoms with Crippen molar-refractivity contribution in [3.8, 4) is 0 Å². The Balaban J connectivity index is 2.88. The van der Waals surface area contributed by atoms with Crippen molar-refractivity contribution in [2.45, 2.75) is 24.2 Å². The monoisotopic (exact) mass is 291 g/mol. The second-order valence-electron chi connectivity index (χ2n) is 3.30. The van der Waals surface area contributed by atoms with Crippen LogP contribution in [0.5, 0.6) is 0 Å². The highest BCUT2D eigenvalue weighted by molar-refractivity contribution is 9.09. The number of primary sulfonamides is 1. The molecule has 1 rings (SSSR count). The molecule has 2 N–H and O–H groups in total. The molecule has 84 valence electrons. The molecule has 1 aromatic rings. The van der Waals surface area contributed by atoms with Crippen molar-refractivity contribution in [1.29, 1.82) is 0 Å². The first-order valence-corrected chi connectivity index (χ1v) is 7.39. The molecule has 15 heavy (non-hydrogen) atoms. The molecule has 0 aromatic heterocycles. The van der Waals surface area contributed by atoms with E-state index in [2.05, 4.69) is 15.9 Å². The molecular formula is C10H14BrNO2S. The summed E-state index contributed by atoms with van der Waals surface area (Å²) in [4.78, 5) is 0.250. The van der Waals surface area contributed by atoms with Gasteiger partial charge in [-0.15, -0.1) is 0 Å². The molecule has 0 aliphatic heterocycles. The van der Waals surface area contributed by atoms with Gasteiger partial charge in [-0.1, -0.05) is 34.1 Å². The first-order chi connectivity index (χ1) is 7.05. The number of unbranched alkanes of at least 4 members (excludes halogenated alkanes) is 1. The van der Waals surface area contributed by atoms with Gasteiger partial charge in [-0.3, -0.25) is 0 Å². The van der Waals surface area contributed by atoms with Gasteiger partial charge in [0.15, 0.2) is 0 Å². The summed E-state index contributed by atoms with van der Waals surface area (Å²) in [6, 6.07) is 6.89. The molecule has 5 heteroatoms. The van der Waals surface area contributed by atoms with E-state index in [0.29, 0.717) is 0 Å². The van der Waals surface area contributed by atoms with Crippen LogP contribution in [0.25, 0.3) is 0 Å². The van der Waals surface area contributed by atoms with Crippen LogP contribution in [-0.4, -0.2) is 13.7 Å². The van der Waals surface area contributed by atoms with Crippen molar-refractivity contribution < 1.29 is 8.42 Å². The molecular weight excluding hydrogens is 278 g/mol. The summed E-state index contributed by atoms with van der Waals surface area (Å²) >= 11 is 3.34. The summed E-state index contributed by atoms with van der Waals surface area (Å²) in [6.45, 7) is 0. The highest BCUT2D eigenvalue weighted by atomic mass is 79.9. The first kappa shape index (κ1) is 12.7. The summed E-state index contributed by atoms with van der Waals surface area (Å²) in [6.07, 6.45) is 2.73. The van der Waals surface area contributed by atoms with Gasteiger partial charge in [-0.2, -0.15) is 0 Å². The van der Waals surface area contributed by atoms with Gasteiger partial charge in [0.25, 0.3) is 0 Å². The second-order valence-corrected chi connectivity index (χ2v) is 5.62. The Morgan fingerprint density at radius 3 is 2.47 bits per heavy atom. The Labute approximate surface area is 98.9 Å². The lowest BCUT2D eigenvalue weighted by Crippen LogP contribution is -2.14. The lowest BCUT2D eigenvalue weighted by molar-refractivity contribution is 0.596. The molecule has 0 aliphatic rings. The van der Waals surface area contributed by atoms with Crippen molar-refractivity contribution in [1.82, 2.24) is 0 Å². The summed E-state index contributed by atoms with van der Waals surface area (Å²) < 4.78 is 22.5. The van der Waals surface area contributed by atoms with Gasteiger partial charge in [-0.25, -0.2) is 13.6 Å². The van der Waals surface area contributed by atoms with Crippen LogP contribution >= 0.6 is 15.9 Å². The van der Waals surface area contributed by atoms with Gasteiger partial charge in [0, 0.05) is 5.33 Å². The van der Waals surface area contributed by atoms with Crippen LogP contribution in [0.15, 0.2) is 29.2 Å². The molecule has 0 saturated heterocycles. The van der Waals surface area contributed by atoms with Crippen molar-refractivity contribution in [2.75, 3.05) is 5.33 Å². The summed E-state index contributed by atoms with van der Waals surface area (Å²) in [7, 11) is -3.58. The van der Waals surface area contributed by atoms with Crippen LogP contribution in [0.4, 0.5) is 0 Å². The SMILES string of the molecule is NS(=O)(=O)c1ccccc1CCCCBr. The number of benzene rings is 1. The van der Waals surface area contributed by atoms with Crippen molar-refractivity contribution >= 4 is 26.0 Å². The molecule has 0 saturated carbocycles. The molecule has 3 nitrogen and oxygen atoms in total. The number of rotatable bonds is 5. The lowest BCUT2D eigenvalue weighted by Gasteiger charge is -2.06. The quantitative estimate of drug-likeness (QED) is 0.667. The van der Waals surface area contributed by atoms with E-state index in [1.807, 2.05) is 12.1 Å². The van der Waals surface area contributed by atoms with Crippen LogP contribution in [0.3, 0.4) is 0 Å². The van der Waals surface area contributed by atoms with E-state index >= 15 is 0 Å². The molecule has 0 spiro atoms. The van der Waals surface area contributed by atoms with E-state index in [1.54, 1.807) is 12.1 Å². The number of sulfonamides is 1. The van der Waals surface area contributed by atoms with Crippen LogP contribution in [0.1, 0.15) is 18.4 Å². The summed E-state index contributed by atoms with van der Waals surface area (Å²) in [5.74, 6) is 0. The molecule has 0 aliphatic carbocycles. The maximum atomic E-state index is 11.3. The molecule has 0 atom stereocenters. The van der Waals surface area contributed by atoms with Crippen molar-refractivity contribution in [2.24, 2.45) is 5.14 Å². The number of nitrogens with two attached hydrogens (primary N) is 1. The fourth-order valence-corrected chi connectivity index (χ4v) is 2.60. The van der Waals surface area contributed by atoms with Crippen LogP contribution in [0, 0.1) is 0 Å². The molecule has 0 fully saturated rings. The topological polar surface area (TPSA) is 60.2 Å². The average molecular weight is 292 g/mol. The van der Waals surface area contributed by atoms with Crippen molar-refractivity contribution in [3.63, 3.8) is 0 Å². The van der Waals surface area contributed by atoms with Gasteiger partial charge in [0.1, 0.15) is 0 Å². The summed E-state index contributed by atoms with van der Waals surface area (Å²) in [5, 5.41) is 6.06. The Bertz CT molecular complexity index is 417. The van der Waals surface area contributed by atoms with E-state index in [9.17, 15) is 8.42 Å². The normalized spacial score (nSPS) is 11.6. The smallest absolute Gasteiger partial charge is 0.225 e. The van der Waals surface area contributed by atoms with E-state index < -0.39 is 10.0 Å². The molecule has 0 amide bonds. The molecule has 0 heterocycles. The number of aryl methyl sites for hydroxylation is 1. The zero-order chi connectivity index (χ0) is 11.3. The molecule has 0 unspecified atom stereocenters. The Hall–Kier alpha value is -0.390. The lowest BCUT2D eigenvalue weighted by atomic mass is 10.1. The number of hydrogen-bond donors (Lipinski definition) is 1. The molecule has 0 radical (unpaired) electrons. The highest BCUT2D eigenvalue weighted by Crippen LogP contribution is 2.16. The molecule has 0 bridgehead atoms. The largest absolute Gasteiger partial charge is 0.238 e. The second kappa shape index (κ2) is 5.63. The number of halogens is 1. The summed E-state index contributed by atoms with van der Waals surface area (Å²) in [5.41, 5.74) is 0.806. The van der Waals surface area contributed by atoms with Crippen LogP contribution in [-0.2, 0) is 16.4 Å². The standard InChI is InChI=1S/C10H14BrNO2S/c11-8-4-3-6-9-5-1-2-7-10(9)15(12,13)14/h1-2,5,7H,3-4,6,8H2,(H2,12,13,14). The number of alkyl halides is 1. The zero-order valence-electron chi connectivity index (χ0n) is 8.32. The van der Waals surface area contributed by atoms with E-state index in [1.165, 1.54) is 0 Å². The Morgan fingerprint density at radius 1 is 1.20 bits per heavy atom. The predicted molar refractivity (Wildman–Crippen MR) is 64.5 cm³/mol. The van der Waals surface area contributed by atoms with Gasteiger partial charge in [0.05, 0.1) is 4.90 Å². The average Bonchev–Trinajstić information content (AvgIpc) is 2.17. The highest BCUT2D eigenvalue weighted by Gasteiger charge is 2.12. The van der Waals surface area contributed by atoms with Gasteiger partial charge in [-0.05, 0) is 30.9 Å².